The Morgan fingerprint density at radius 1 is 0.435 bits per heavy atom. The number of ether oxygens (including phenoxy) is 8. The molecule has 736 valence electrons. The van der Waals surface area contributed by atoms with E-state index in [0.717, 1.165) is 62.8 Å². The van der Waals surface area contributed by atoms with Gasteiger partial charge in [-0.2, -0.15) is 0 Å². The van der Waals surface area contributed by atoms with Crippen molar-refractivity contribution in [3.8, 4) is 0 Å². The zero-order valence-electron chi connectivity index (χ0n) is 71.1. The van der Waals surface area contributed by atoms with E-state index >= 15 is 8.78 Å². The molecule has 4 aromatic heterocycles. The number of H-pyrrole nitrogens is 4. The molecule has 52 nitrogen and oxygen atoms in total. The number of aliphatic hydroxyl groups excluding tert-OH is 2. The molecule has 0 saturated carbocycles. The van der Waals surface area contributed by atoms with Crippen LogP contribution in [0.1, 0.15) is 151 Å². The summed E-state index contributed by atoms with van der Waals surface area (Å²) in [5.74, 6) is -6.01. The Morgan fingerprint density at radius 3 is 0.901 bits per heavy atom. The first-order chi connectivity index (χ1) is 59.6. The SMILES string of the molecule is C.C.C.CC(C)OC(=O)[C@H](C)NP(=O)(N[C@@H](C)C(=O)OC(C)C)OC[C@@]1(CN=[N+]=[N-])O[C@@H](n2ccc(=O)[nH]c2=O)[C@H](F)[C@@H]1C.CC(C)OC(=O)[C@H](C)NP(=O)(N[C@@H](C)C(=O)OC(C)C)OC[C@@]1(CN=[N+]=[N-])O[C@@H](n2ccc(=O)[nH]c2=O)[C@H](F)[C@@H]1O.C[C@H]1[C@@H](F)[C@H](n2ccc(=O)[nH]c2=O)O[C@@]1(CO)CN=[N+]=[N-].C[C@H]1[C@@H](F)[C@H](n2ccc(=O)[nH]c2=O)O[C@]1(CN=[N+]=[N-])COP(=O)(Cl)Cl. The Hall–Kier alpha value is -9.69. The average Bonchev–Trinajstić information content (AvgIpc) is 1.63. The van der Waals surface area contributed by atoms with Crippen LogP contribution in [0.3, 0.4) is 0 Å². The lowest BCUT2D eigenvalue weighted by Crippen LogP contribution is -2.50. The summed E-state index contributed by atoms with van der Waals surface area (Å²) in [6.07, 6.45) is -17.5. The second kappa shape index (κ2) is 51.0. The highest BCUT2D eigenvalue weighted by Crippen LogP contribution is 2.59. The van der Waals surface area contributed by atoms with Crippen LogP contribution in [0, 0.1) is 17.8 Å². The van der Waals surface area contributed by atoms with Crippen LogP contribution < -0.4 is 65.3 Å². The van der Waals surface area contributed by atoms with E-state index in [9.17, 15) is 90.2 Å². The van der Waals surface area contributed by atoms with Crippen molar-refractivity contribution in [3.63, 3.8) is 0 Å². The van der Waals surface area contributed by atoms with Crippen LogP contribution in [0.2, 0.25) is 0 Å². The molecular formula is C70H111Cl2F4N24O28P3. The van der Waals surface area contributed by atoms with Gasteiger partial charge in [-0.15, -0.1) is 0 Å². The third-order valence-electron chi connectivity index (χ3n) is 19.4. The molecular weight excluding hydrogens is 1860 g/mol. The number of esters is 4. The van der Waals surface area contributed by atoms with E-state index in [2.05, 4.69) is 60.5 Å². The number of azide groups is 4. The Morgan fingerprint density at radius 2 is 0.656 bits per heavy atom. The normalized spacial score (nSPS) is 25.8. The highest BCUT2D eigenvalue weighted by atomic mass is 35.9. The molecule has 10 N–H and O–H groups in total. The van der Waals surface area contributed by atoms with Crippen molar-refractivity contribution in [2.75, 3.05) is 52.6 Å². The van der Waals surface area contributed by atoms with Crippen LogP contribution in [0.5, 0.6) is 0 Å². The molecule has 4 aromatic rings. The van der Waals surface area contributed by atoms with E-state index in [1.54, 1.807) is 55.4 Å². The predicted molar refractivity (Wildman–Crippen MR) is 461 cm³/mol. The quantitative estimate of drug-likeness (QED) is 0.00393. The van der Waals surface area contributed by atoms with Gasteiger partial charge in [-0.05, 0) is 128 Å². The van der Waals surface area contributed by atoms with Crippen molar-refractivity contribution < 1.29 is 112 Å². The molecule has 0 aliphatic carbocycles. The average molecular weight is 1980 g/mol. The minimum absolute atomic E-state index is 0. The Kier molecular flexibility index (Phi) is 45.7. The topological polar surface area (TPSA) is 724 Å². The van der Waals surface area contributed by atoms with Crippen molar-refractivity contribution in [1.82, 2.24) is 58.6 Å². The summed E-state index contributed by atoms with van der Waals surface area (Å²) in [6.45, 7) is 17.9. The minimum Gasteiger partial charge on any atom is -0.462 e. The number of aromatic amines is 4. The summed E-state index contributed by atoms with van der Waals surface area (Å²) in [5.41, 5.74) is 21.4. The molecule has 8 heterocycles. The molecule has 0 radical (unpaired) electrons. The van der Waals surface area contributed by atoms with Gasteiger partial charge in [-0.1, -0.05) is 63.5 Å². The maximum absolute atomic E-state index is 15.6. The maximum Gasteiger partial charge on any atom is 0.380 e. The van der Waals surface area contributed by atoms with Gasteiger partial charge < -0.3 is 61.7 Å². The summed E-state index contributed by atoms with van der Waals surface area (Å²) in [4.78, 5) is 161. The van der Waals surface area contributed by atoms with Crippen LogP contribution in [-0.4, -0.2) is 227 Å². The number of rotatable bonds is 38. The van der Waals surface area contributed by atoms with Gasteiger partial charge in [-0.3, -0.25) is 90.3 Å². The first kappa shape index (κ1) is 117. The van der Waals surface area contributed by atoms with Crippen molar-refractivity contribution in [2.24, 2.45) is 38.2 Å². The van der Waals surface area contributed by atoms with Crippen molar-refractivity contribution in [1.29, 1.82) is 0 Å². The fourth-order valence-electron chi connectivity index (χ4n) is 12.5. The smallest absolute Gasteiger partial charge is 0.380 e. The van der Waals surface area contributed by atoms with Gasteiger partial charge in [0.2, 0.25) is 0 Å². The Bertz CT molecular complexity index is 5150. The first-order valence-corrected chi connectivity index (χ1v) is 45.2. The third-order valence-corrected chi connectivity index (χ3v) is 24.3. The minimum atomic E-state index is -4.47. The molecule has 20 atom stereocenters. The lowest BCUT2D eigenvalue weighted by Gasteiger charge is -2.34. The number of nitrogens with zero attached hydrogens (tertiary/aromatic N) is 16. The van der Waals surface area contributed by atoms with Crippen molar-refractivity contribution in [3.05, 3.63) is 174 Å². The van der Waals surface area contributed by atoms with Gasteiger partial charge in [0.25, 0.3) is 22.2 Å². The van der Waals surface area contributed by atoms with Gasteiger partial charge in [-0.25, -0.2) is 57.1 Å². The summed E-state index contributed by atoms with van der Waals surface area (Å²) in [5, 5.41) is 43.7. The number of aliphatic hydroxyl groups is 2. The Labute approximate surface area is 753 Å². The molecule has 0 amide bonds. The molecule has 61 heteroatoms. The first-order valence-electron chi connectivity index (χ1n) is 38.5. The van der Waals surface area contributed by atoms with E-state index in [1.165, 1.54) is 48.5 Å². The largest absolute Gasteiger partial charge is 0.462 e. The van der Waals surface area contributed by atoms with Gasteiger partial charge >= 0.3 is 68.1 Å². The number of carbonyl (C=O) groups is 4. The van der Waals surface area contributed by atoms with E-state index in [4.69, 9.17) is 96.1 Å². The van der Waals surface area contributed by atoms with Crippen LogP contribution in [-0.2, 0) is 84.3 Å². The number of nitrogens with one attached hydrogen (secondary N) is 8. The van der Waals surface area contributed by atoms with Crippen LogP contribution in [0.25, 0.3) is 41.8 Å². The van der Waals surface area contributed by atoms with Crippen LogP contribution in [0.4, 0.5) is 17.6 Å². The number of carbonyl (C=O) groups excluding carboxylic acids is 4. The molecule has 8 rings (SSSR count). The van der Waals surface area contributed by atoms with Gasteiger partial charge in [0.15, 0.2) is 49.6 Å². The van der Waals surface area contributed by atoms with E-state index in [0.29, 0.717) is 4.57 Å². The Balaban J connectivity index is 0.000000607. The summed E-state index contributed by atoms with van der Waals surface area (Å²) >= 11 is 10.7. The van der Waals surface area contributed by atoms with E-state index in [-0.39, 0.29) is 35.4 Å². The number of alkyl halides is 4. The van der Waals surface area contributed by atoms with Crippen LogP contribution >= 0.6 is 43.9 Å². The molecule has 131 heavy (non-hydrogen) atoms. The zero-order valence-corrected chi connectivity index (χ0v) is 75.3. The number of hydrogen-bond donors (Lipinski definition) is 10. The number of hydrogen-bond acceptors (Lipinski definition) is 32. The molecule has 4 aliphatic heterocycles. The van der Waals surface area contributed by atoms with Crippen LogP contribution in [0.15, 0.2) is 108 Å². The fraction of sp³-hybridized carbons (Fsp3) is 0.714. The molecule has 4 aliphatic rings. The molecule has 4 saturated heterocycles. The van der Waals surface area contributed by atoms with Crippen molar-refractivity contribution >= 4 is 67.8 Å². The molecule has 0 spiro atoms. The standard InChI is InChI=1S/C23H37FN7O9P.C22H35FN7O10P.C11H13Cl2FN5O5P.C11H14FN5O4.3CH4/c1-12(2)38-20(33)15(6)28-41(36,29-16(7)21(34)39-13(3)4)37-11-23(10-26-30-25)14(5)18(24)19(40-23)31-9-8-17(32)27-22(31)35;1-11(2)38-19(33)13(5)27-41(36,28-14(6)20(34)39-12(3)4)37-10-22(9-25-29-24)17(32)16(23)18(40-22)30-8-7-15(31)26-21(30)35;1-6-8(14)9(19-3-2-7(20)17-10(19)21)24-11(6,4-16-18-15)5-23-25(12,13)22;1-6-8(12)9(17-3-2-7(19)15-10(17)20)21-11(6,5-18)4-14-16-13;;;/h8-9,12-16,18-19H,10-11H2,1-7H3,(H,27,32,35)(H2,28,29,36);7-8,11-14,16-18,32H,9-10H2,1-6H3,(H,26,31,35)(H2,27,28,36);2-3,6,8-9H,4-5H2,1H3,(H,17,20,21);2-3,6,8-9,18H,4-5H2,1H3,(H,15,19,20);3*1H4/t14-,15-,16-,18+,19+,23+;13-,14-,16+,17-,18+,22+;2*6-,8+,9+,11+;;;/m0000.../s1. The predicted octanol–water partition coefficient (Wildman–Crippen LogP) is 7.55. The third kappa shape index (κ3) is 31.7. The monoisotopic (exact) mass is 1970 g/mol. The zero-order chi connectivity index (χ0) is 96.7. The van der Waals surface area contributed by atoms with Gasteiger partial charge in [0.05, 0.1) is 77.0 Å². The van der Waals surface area contributed by atoms with Crippen molar-refractivity contribution in [2.45, 2.75) is 253 Å². The molecule has 0 aromatic carbocycles. The van der Waals surface area contributed by atoms with Gasteiger partial charge in [0, 0.05) is 86.5 Å². The summed E-state index contributed by atoms with van der Waals surface area (Å²) in [7, 11) is -8.84. The maximum atomic E-state index is 15.6. The summed E-state index contributed by atoms with van der Waals surface area (Å²) in [6, 6.07) is -0.886. The summed E-state index contributed by atoms with van der Waals surface area (Å²) < 4.78 is 162. The second-order valence-corrected chi connectivity index (χ2v) is 38.4. The van der Waals surface area contributed by atoms with E-state index < -0.39 is 274 Å². The highest BCUT2D eigenvalue weighted by molar-refractivity contribution is 8.05. The lowest BCUT2D eigenvalue weighted by molar-refractivity contribution is -0.150. The highest BCUT2D eigenvalue weighted by Gasteiger charge is 2.60. The molecule has 4 fully saturated rings. The fourth-order valence-corrected chi connectivity index (χ4v) is 16.9. The molecule has 0 bridgehead atoms. The lowest BCUT2D eigenvalue weighted by atomic mass is 9.88. The van der Waals surface area contributed by atoms with E-state index in [1.807, 2.05) is 19.9 Å². The number of halogens is 6. The molecule has 0 unspecified atom stereocenters. The van der Waals surface area contributed by atoms with Gasteiger partial charge in [0.1, 0.15) is 52.7 Å². The number of aromatic nitrogens is 8. The second-order valence-electron chi connectivity index (χ2n) is 30.3.